The van der Waals surface area contributed by atoms with Crippen molar-refractivity contribution < 1.29 is 18.0 Å². The van der Waals surface area contributed by atoms with Gasteiger partial charge in [0, 0.05) is 54.0 Å². The van der Waals surface area contributed by atoms with Crippen molar-refractivity contribution in [2.75, 3.05) is 5.32 Å². The zero-order valence-electron chi connectivity index (χ0n) is 19.8. The van der Waals surface area contributed by atoms with Crippen LogP contribution in [0.4, 0.5) is 24.7 Å². The van der Waals surface area contributed by atoms with E-state index in [0.29, 0.717) is 35.5 Å². The summed E-state index contributed by atoms with van der Waals surface area (Å²) in [7, 11) is 0. The molecule has 1 amide bonds. The Morgan fingerprint density at radius 3 is 2.51 bits per heavy atom. The zero-order chi connectivity index (χ0) is 26.2. The highest BCUT2D eigenvalue weighted by molar-refractivity contribution is 6.08. The van der Waals surface area contributed by atoms with Gasteiger partial charge in [0.2, 0.25) is 11.8 Å². The van der Waals surface area contributed by atoms with Crippen molar-refractivity contribution >= 4 is 29.2 Å². The lowest BCUT2D eigenvalue weighted by molar-refractivity contribution is -0.150. The molecule has 0 saturated heterocycles. The second-order valence-electron chi connectivity index (χ2n) is 9.42. The van der Waals surface area contributed by atoms with Crippen molar-refractivity contribution in [1.29, 1.82) is 5.41 Å². The Morgan fingerprint density at radius 2 is 1.84 bits per heavy atom. The molecule has 1 saturated carbocycles. The second kappa shape index (κ2) is 9.68. The Bertz CT molecular complexity index is 1380. The predicted molar refractivity (Wildman–Crippen MR) is 135 cm³/mol. The van der Waals surface area contributed by atoms with Crippen LogP contribution in [-0.2, 0) is 17.6 Å². The molecule has 5 rings (SSSR count). The average Bonchev–Trinajstić information content (AvgIpc) is 3.27. The van der Waals surface area contributed by atoms with Crippen LogP contribution < -0.4 is 16.4 Å². The first-order chi connectivity index (χ1) is 17.7. The van der Waals surface area contributed by atoms with Crippen molar-refractivity contribution in [2.24, 2.45) is 11.7 Å². The first-order valence-corrected chi connectivity index (χ1v) is 11.9. The van der Waals surface area contributed by atoms with Crippen molar-refractivity contribution in [1.82, 2.24) is 15.3 Å². The maximum absolute atomic E-state index is 14.5. The van der Waals surface area contributed by atoms with Crippen LogP contribution in [0.2, 0.25) is 0 Å². The number of benzene rings is 2. The molecule has 1 fully saturated rings. The van der Waals surface area contributed by atoms with E-state index in [1.165, 1.54) is 6.20 Å². The van der Waals surface area contributed by atoms with Crippen LogP contribution in [0.3, 0.4) is 0 Å². The van der Waals surface area contributed by atoms with Crippen LogP contribution in [0.5, 0.6) is 0 Å². The number of alkyl halides is 2. The quantitative estimate of drug-likeness (QED) is 0.350. The third-order valence-electron chi connectivity index (χ3n) is 6.76. The molecule has 1 heterocycles. The van der Waals surface area contributed by atoms with Crippen LogP contribution >= 0.6 is 0 Å². The van der Waals surface area contributed by atoms with Gasteiger partial charge in [-0.15, -0.1) is 0 Å². The summed E-state index contributed by atoms with van der Waals surface area (Å²) < 4.78 is 40.7. The lowest BCUT2D eigenvalue weighted by Gasteiger charge is -2.34. The number of hydrogen-bond donors (Lipinski definition) is 4. The summed E-state index contributed by atoms with van der Waals surface area (Å²) >= 11 is 0. The van der Waals surface area contributed by atoms with E-state index in [-0.39, 0.29) is 30.6 Å². The number of carbonyl (C=O) groups excluding carboxylic acids is 1. The maximum Gasteiger partial charge on any atom is 0.249 e. The zero-order valence-corrected chi connectivity index (χ0v) is 19.8. The number of anilines is 2. The highest BCUT2D eigenvalue weighted by atomic mass is 19.3. The van der Waals surface area contributed by atoms with Crippen molar-refractivity contribution in [3.63, 3.8) is 0 Å². The van der Waals surface area contributed by atoms with Crippen molar-refractivity contribution in [3.05, 3.63) is 77.4 Å². The first kappa shape index (κ1) is 24.5. The molecule has 0 aliphatic heterocycles. The number of nitrogens with two attached hydrogens (primary N) is 1. The number of allylic oxidation sites excluding steroid dienone is 1. The highest BCUT2D eigenvalue weighted by Gasteiger charge is 2.49. The van der Waals surface area contributed by atoms with Gasteiger partial charge >= 0.3 is 0 Å². The Kier molecular flexibility index (Phi) is 6.41. The van der Waals surface area contributed by atoms with Gasteiger partial charge in [0.1, 0.15) is 0 Å². The maximum atomic E-state index is 14.5. The van der Waals surface area contributed by atoms with Crippen LogP contribution in [-0.4, -0.2) is 34.1 Å². The fourth-order valence-corrected chi connectivity index (χ4v) is 4.73. The van der Waals surface area contributed by atoms with Crippen molar-refractivity contribution in [2.45, 2.75) is 37.6 Å². The van der Waals surface area contributed by atoms with Gasteiger partial charge < -0.3 is 21.8 Å². The molecule has 10 heteroatoms. The average molecular weight is 507 g/mol. The molecular formula is C27H25F3N6O. The number of nitrogens with zero attached hydrogens (tertiary/aromatic N) is 2. The normalized spacial score (nSPS) is 18.6. The van der Waals surface area contributed by atoms with Crippen LogP contribution in [0.15, 0.2) is 54.9 Å². The molecule has 1 unspecified atom stereocenters. The van der Waals surface area contributed by atoms with Gasteiger partial charge in [0.15, 0.2) is 17.5 Å². The van der Waals surface area contributed by atoms with Gasteiger partial charge in [-0.3, -0.25) is 4.79 Å². The fourth-order valence-electron chi connectivity index (χ4n) is 4.73. The molecule has 2 aromatic carbocycles. The summed E-state index contributed by atoms with van der Waals surface area (Å²) in [5, 5.41) is 13.3. The molecule has 2 aliphatic carbocycles. The number of halogens is 3. The molecule has 7 nitrogen and oxygen atoms in total. The summed E-state index contributed by atoms with van der Waals surface area (Å²) in [4.78, 5) is 20.8. The topological polar surface area (TPSA) is 117 Å². The van der Waals surface area contributed by atoms with Crippen molar-refractivity contribution in [3.8, 4) is 11.4 Å². The summed E-state index contributed by atoms with van der Waals surface area (Å²) in [6.07, 6.45) is 4.02. The molecule has 37 heavy (non-hydrogen) atoms. The molecule has 1 atom stereocenters. The van der Waals surface area contributed by atoms with Gasteiger partial charge in [0.25, 0.3) is 0 Å². The molecule has 1 aromatic heterocycles. The monoisotopic (exact) mass is 506 g/mol. The minimum atomic E-state index is -2.73. The number of rotatable bonds is 7. The minimum absolute atomic E-state index is 0.0160. The molecule has 3 aromatic rings. The molecule has 2 aliphatic rings. The lowest BCUT2D eigenvalue weighted by Crippen LogP contribution is -2.48. The number of fused-ring (bicyclic) bond motifs is 1. The Labute approximate surface area is 211 Å². The summed E-state index contributed by atoms with van der Waals surface area (Å²) in [6.45, 7) is 0. The third kappa shape index (κ3) is 5.18. The molecular weight excluding hydrogens is 481 g/mol. The number of nitrogens with one attached hydrogen (secondary N) is 3. The van der Waals surface area contributed by atoms with E-state index in [1.807, 2.05) is 18.2 Å². The molecule has 190 valence electrons. The Morgan fingerprint density at radius 1 is 1.11 bits per heavy atom. The molecule has 0 bridgehead atoms. The van der Waals surface area contributed by atoms with E-state index in [1.54, 1.807) is 24.3 Å². The standard InChI is InChI=1S/C27H25F3N6O/c28-23-14-33-24(36-25(23)34-21-5-3-15(4-6-21)20(12-31)13-32)17-2-1-16-8-22(9-18(16)7-17)35-26(37)19-10-27(29,30)11-19/h1-7,12-14,19,22,31H,8-11,32H2,(H,35,37)(H,33,34,36). The van der Waals surface area contributed by atoms with Gasteiger partial charge in [-0.2, -0.15) is 0 Å². The van der Waals surface area contributed by atoms with Crippen LogP contribution in [0.1, 0.15) is 29.5 Å². The van der Waals surface area contributed by atoms with E-state index in [9.17, 15) is 18.0 Å². The van der Waals surface area contributed by atoms with Crippen LogP contribution in [0.25, 0.3) is 17.0 Å². The molecule has 0 spiro atoms. The highest BCUT2D eigenvalue weighted by Crippen LogP contribution is 2.42. The predicted octanol–water partition coefficient (Wildman–Crippen LogP) is 4.60. The lowest BCUT2D eigenvalue weighted by atomic mass is 9.80. The van der Waals surface area contributed by atoms with Gasteiger partial charge in [-0.25, -0.2) is 23.1 Å². The van der Waals surface area contributed by atoms with Crippen LogP contribution in [0, 0.1) is 17.1 Å². The Hall–Kier alpha value is -4.21. The second-order valence-corrected chi connectivity index (χ2v) is 9.42. The van der Waals surface area contributed by atoms with Gasteiger partial charge in [0.05, 0.1) is 6.20 Å². The SMILES string of the molecule is N=CC(=CN)c1ccc(Nc2nc(-c3ccc4c(c3)CC(NC(=O)C3CC(F)(F)C3)C4)ncc2F)cc1. The van der Waals surface area contributed by atoms with Gasteiger partial charge in [-0.1, -0.05) is 24.3 Å². The summed E-state index contributed by atoms with van der Waals surface area (Å²) in [6, 6.07) is 12.5. The van der Waals surface area contributed by atoms with E-state index in [0.717, 1.165) is 29.1 Å². The number of carbonyl (C=O) groups is 1. The Balaban J connectivity index is 1.28. The largest absolute Gasteiger partial charge is 0.404 e. The number of aromatic nitrogens is 2. The van der Waals surface area contributed by atoms with E-state index < -0.39 is 17.7 Å². The summed E-state index contributed by atoms with van der Waals surface area (Å²) in [5.74, 6) is -3.93. The molecule has 0 radical (unpaired) electrons. The number of hydrogen-bond acceptors (Lipinski definition) is 6. The molecule has 5 N–H and O–H groups in total. The van der Waals surface area contributed by atoms with Gasteiger partial charge in [-0.05, 0) is 47.7 Å². The first-order valence-electron chi connectivity index (χ1n) is 11.9. The minimum Gasteiger partial charge on any atom is -0.404 e. The number of amides is 1. The summed E-state index contributed by atoms with van der Waals surface area (Å²) in [5.41, 5.74) is 10.2. The third-order valence-corrected chi connectivity index (χ3v) is 6.76. The van der Waals surface area contributed by atoms with E-state index >= 15 is 0 Å². The smallest absolute Gasteiger partial charge is 0.249 e. The fraction of sp³-hybridized carbons (Fsp3) is 0.259. The van der Waals surface area contributed by atoms with E-state index in [2.05, 4.69) is 20.6 Å². The van der Waals surface area contributed by atoms with E-state index in [4.69, 9.17) is 11.1 Å².